The summed E-state index contributed by atoms with van der Waals surface area (Å²) in [4.78, 5) is 13.3. The van der Waals surface area contributed by atoms with Gasteiger partial charge in [0.15, 0.2) is 15.6 Å². The fraction of sp³-hybridized carbons (Fsp3) is 0.421. The molecule has 0 spiro atoms. The average Bonchev–Trinajstić information content (AvgIpc) is 2.78. The fourth-order valence-corrected chi connectivity index (χ4v) is 6.01. The number of fused-ring (bicyclic) bond motifs is 1. The van der Waals surface area contributed by atoms with E-state index in [1.165, 1.54) is 12.2 Å². The van der Waals surface area contributed by atoms with Crippen LogP contribution in [0.15, 0.2) is 39.7 Å². The van der Waals surface area contributed by atoms with E-state index in [0.29, 0.717) is 22.4 Å². The van der Waals surface area contributed by atoms with Gasteiger partial charge in [0.1, 0.15) is 15.9 Å². The largest absolute Gasteiger partial charge is 0.294 e. The first-order valence-electron chi connectivity index (χ1n) is 8.27. The standard InChI is InChI=1S/C19H20F2O3S2/c1-19(2)9-13-16(8-11-4-5-12(20)6-7-14(11)21)25-18(26(3,23)24)17(13)15(22)10-19/h4-6H,7-10H2,1-3H3. The molecule has 0 aliphatic heterocycles. The van der Waals surface area contributed by atoms with Crippen LogP contribution in [0.25, 0.3) is 0 Å². The third-order valence-corrected chi connectivity index (χ3v) is 7.65. The first-order valence-corrected chi connectivity index (χ1v) is 11.0. The summed E-state index contributed by atoms with van der Waals surface area (Å²) in [6.07, 6.45) is 5.69. The highest BCUT2D eigenvalue weighted by atomic mass is 32.2. The Hall–Kier alpha value is -1.60. The van der Waals surface area contributed by atoms with Gasteiger partial charge in [-0.2, -0.15) is 0 Å². The van der Waals surface area contributed by atoms with Crippen LogP contribution in [0, 0.1) is 5.41 Å². The maximum Gasteiger partial charge on any atom is 0.185 e. The lowest BCUT2D eigenvalue weighted by Gasteiger charge is -2.29. The number of Topliss-reactive ketones (excluding diaryl/α,β-unsaturated/α-hetero) is 1. The summed E-state index contributed by atoms with van der Waals surface area (Å²) in [6, 6.07) is 0. The van der Waals surface area contributed by atoms with E-state index in [1.54, 1.807) is 0 Å². The van der Waals surface area contributed by atoms with Gasteiger partial charge < -0.3 is 0 Å². The van der Waals surface area contributed by atoms with Gasteiger partial charge in [-0.1, -0.05) is 19.9 Å². The molecule has 0 amide bonds. The second-order valence-electron chi connectivity index (χ2n) is 7.61. The molecule has 0 radical (unpaired) electrons. The van der Waals surface area contributed by atoms with Crippen LogP contribution in [-0.4, -0.2) is 20.5 Å². The van der Waals surface area contributed by atoms with Crippen LogP contribution in [0.4, 0.5) is 8.78 Å². The van der Waals surface area contributed by atoms with Crippen LogP contribution in [-0.2, 0) is 22.7 Å². The van der Waals surface area contributed by atoms with Gasteiger partial charge in [-0.05, 0) is 35.1 Å². The Labute approximate surface area is 156 Å². The number of ketones is 1. The van der Waals surface area contributed by atoms with Crippen molar-refractivity contribution in [2.75, 3.05) is 6.26 Å². The van der Waals surface area contributed by atoms with Crippen molar-refractivity contribution in [3.63, 3.8) is 0 Å². The first kappa shape index (κ1) is 19.2. The molecule has 1 heterocycles. The third kappa shape index (κ3) is 3.74. The van der Waals surface area contributed by atoms with Gasteiger partial charge in [0.05, 0.1) is 5.56 Å². The molecular weight excluding hydrogens is 378 g/mol. The number of hydrogen-bond donors (Lipinski definition) is 0. The number of carbonyl (C=O) groups is 1. The van der Waals surface area contributed by atoms with E-state index in [-0.39, 0.29) is 40.2 Å². The summed E-state index contributed by atoms with van der Waals surface area (Å²) < 4.78 is 52.1. The summed E-state index contributed by atoms with van der Waals surface area (Å²) >= 11 is 1.04. The normalized spacial score (nSPS) is 20.0. The maximum absolute atomic E-state index is 14.3. The molecule has 26 heavy (non-hydrogen) atoms. The Kier molecular flexibility index (Phi) is 4.82. The fourth-order valence-electron chi connectivity index (χ4n) is 3.41. The summed E-state index contributed by atoms with van der Waals surface area (Å²) in [6.45, 7) is 3.92. The van der Waals surface area contributed by atoms with Crippen LogP contribution in [0.5, 0.6) is 0 Å². The molecule has 0 saturated carbocycles. The van der Waals surface area contributed by atoms with Crippen molar-refractivity contribution in [1.82, 2.24) is 0 Å². The van der Waals surface area contributed by atoms with Crippen molar-refractivity contribution in [3.8, 4) is 0 Å². The molecular formula is C19H20F2O3S2. The van der Waals surface area contributed by atoms with E-state index in [4.69, 9.17) is 0 Å². The van der Waals surface area contributed by atoms with E-state index < -0.39 is 21.5 Å². The molecule has 0 atom stereocenters. The van der Waals surface area contributed by atoms with E-state index >= 15 is 0 Å². The summed E-state index contributed by atoms with van der Waals surface area (Å²) in [5.74, 6) is -1.13. The van der Waals surface area contributed by atoms with Gasteiger partial charge in [0.25, 0.3) is 0 Å². The second-order valence-corrected chi connectivity index (χ2v) is 10.9. The van der Waals surface area contributed by atoms with Crippen molar-refractivity contribution < 1.29 is 22.0 Å². The van der Waals surface area contributed by atoms with Gasteiger partial charge >= 0.3 is 0 Å². The highest BCUT2D eigenvalue weighted by Gasteiger charge is 2.38. The summed E-state index contributed by atoms with van der Waals surface area (Å²) in [5.41, 5.74) is 1.00. The number of carbonyl (C=O) groups excluding carboxylic acids is 1. The minimum Gasteiger partial charge on any atom is -0.294 e. The Morgan fingerprint density at radius 3 is 2.54 bits per heavy atom. The molecule has 140 valence electrons. The van der Waals surface area contributed by atoms with E-state index in [0.717, 1.165) is 23.7 Å². The molecule has 2 aliphatic carbocycles. The van der Waals surface area contributed by atoms with Crippen LogP contribution < -0.4 is 0 Å². The average molecular weight is 398 g/mol. The molecule has 0 bridgehead atoms. The molecule has 3 nitrogen and oxygen atoms in total. The molecule has 1 aromatic heterocycles. The van der Waals surface area contributed by atoms with E-state index in [1.807, 2.05) is 13.8 Å². The minimum absolute atomic E-state index is 0.0610. The highest BCUT2D eigenvalue weighted by molar-refractivity contribution is 7.92. The Balaban J connectivity index is 2.12. The lowest BCUT2D eigenvalue weighted by molar-refractivity contribution is 0.0909. The Morgan fingerprint density at radius 2 is 1.88 bits per heavy atom. The second kappa shape index (κ2) is 6.53. The van der Waals surface area contributed by atoms with Crippen molar-refractivity contribution >= 4 is 27.0 Å². The summed E-state index contributed by atoms with van der Waals surface area (Å²) in [7, 11) is -3.56. The van der Waals surface area contributed by atoms with Gasteiger partial charge in [0, 0.05) is 30.4 Å². The molecule has 2 aliphatic rings. The first-order chi connectivity index (χ1) is 12.0. The van der Waals surface area contributed by atoms with Crippen molar-refractivity contribution in [3.05, 3.63) is 51.5 Å². The van der Waals surface area contributed by atoms with Crippen LogP contribution in [0.2, 0.25) is 0 Å². The van der Waals surface area contributed by atoms with E-state index in [9.17, 15) is 22.0 Å². The lowest BCUT2D eigenvalue weighted by Crippen LogP contribution is -2.27. The molecule has 0 N–H and O–H groups in total. The smallest absolute Gasteiger partial charge is 0.185 e. The quantitative estimate of drug-likeness (QED) is 0.729. The Bertz CT molecular complexity index is 977. The zero-order valence-corrected chi connectivity index (χ0v) is 16.5. The number of thiophene rings is 1. The predicted molar refractivity (Wildman–Crippen MR) is 98.6 cm³/mol. The van der Waals surface area contributed by atoms with Gasteiger partial charge in [0.2, 0.25) is 0 Å². The zero-order chi connectivity index (χ0) is 19.3. The lowest BCUT2D eigenvalue weighted by atomic mass is 9.74. The van der Waals surface area contributed by atoms with Crippen LogP contribution in [0.1, 0.15) is 47.5 Å². The number of halogens is 2. The number of sulfone groups is 1. The highest BCUT2D eigenvalue weighted by Crippen LogP contribution is 2.44. The molecule has 3 rings (SSSR count). The topological polar surface area (TPSA) is 51.2 Å². The molecule has 0 saturated heterocycles. The van der Waals surface area contributed by atoms with Crippen LogP contribution in [0.3, 0.4) is 0 Å². The van der Waals surface area contributed by atoms with Gasteiger partial charge in [-0.25, -0.2) is 17.2 Å². The van der Waals surface area contributed by atoms with Gasteiger partial charge in [-0.3, -0.25) is 4.79 Å². The van der Waals surface area contributed by atoms with E-state index in [2.05, 4.69) is 0 Å². The van der Waals surface area contributed by atoms with Crippen molar-refractivity contribution in [1.29, 1.82) is 0 Å². The number of allylic oxidation sites excluding steroid dienone is 6. The van der Waals surface area contributed by atoms with Crippen molar-refractivity contribution in [2.45, 2.75) is 43.7 Å². The molecule has 0 unspecified atom stereocenters. The zero-order valence-electron chi connectivity index (χ0n) is 14.9. The van der Waals surface area contributed by atoms with Crippen LogP contribution >= 0.6 is 11.3 Å². The monoisotopic (exact) mass is 398 g/mol. The molecule has 1 aromatic rings. The maximum atomic E-state index is 14.3. The molecule has 0 fully saturated rings. The predicted octanol–water partition coefficient (Wildman–Crippen LogP) is 4.89. The molecule has 0 aromatic carbocycles. The number of hydrogen-bond acceptors (Lipinski definition) is 4. The van der Waals surface area contributed by atoms with Crippen molar-refractivity contribution in [2.24, 2.45) is 5.41 Å². The number of rotatable bonds is 3. The SMILES string of the molecule is CC1(C)CC(=O)c2c(S(C)(=O)=O)sc(CC3=C(F)CC=C(F)C=C3)c2C1. The summed E-state index contributed by atoms with van der Waals surface area (Å²) in [5, 5.41) is 0. The van der Waals surface area contributed by atoms with Gasteiger partial charge in [-0.15, -0.1) is 11.3 Å². The molecule has 7 heteroatoms. The minimum atomic E-state index is -3.56. The Morgan fingerprint density at radius 1 is 1.19 bits per heavy atom. The third-order valence-electron chi connectivity index (χ3n) is 4.59.